The van der Waals surface area contributed by atoms with Crippen LogP contribution in [0, 0.1) is 0 Å². The van der Waals surface area contributed by atoms with E-state index in [1.54, 1.807) is 20.4 Å². The molecule has 0 spiro atoms. The maximum absolute atomic E-state index is 11.1. The van der Waals surface area contributed by atoms with Gasteiger partial charge in [-0.25, -0.2) is 15.0 Å². The highest BCUT2D eigenvalue weighted by Crippen LogP contribution is 2.32. The molecule has 7 nitrogen and oxygen atoms in total. The molecule has 0 unspecified atom stereocenters. The number of nitrogens with zero attached hydrogens (tertiary/aromatic N) is 3. The van der Waals surface area contributed by atoms with Crippen LogP contribution >= 0.6 is 0 Å². The van der Waals surface area contributed by atoms with Crippen molar-refractivity contribution in [2.45, 2.75) is 6.92 Å². The monoisotopic (exact) mass is 324 g/mol. The van der Waals surface area contributed by atoms with Gasteiger partial charge >= 0.3 is 0 Å². The van der Waals surface area contributed by atoms with Gasteiger partial charge in [0.15, 0.2) is 11.5 Å². The first-order chi connectivity index (χ1) is 11.6. The summed E-state index contributed by atoms with van der Waals surface area (Å²) in [4.78, 5) is 24.0. The summed E-state index contributed by atoms with van der Waals surface area (Å²) < 4.78 is 10.6. The van der Waals surface area contributed by atoms with Crippen molar-refractivity contribution in [1.82, 2.24) is 15.0 Å². The molecular weight excluding hydrogens is 308 g/mol. The Morgan fingerprint density at radius 1 is 1.00 bits per heavy atom. The molecule has 7 heteroatoms. The van der Waals surface area contributed by atoms with Crippen LogP contribution in [0.1, 0.15) is 6.92 Å². The van der Waals surface area contributed by atoms with Crippen molar-refractivity contribution in [2.24, 2.45) is 0 Å². The first kappa shape index (κ1) is 15.7. The first-order valence-corrected chi connectivity index (χ1v) is 7.24. The molecule has 122 valence electrons. The van der Waals surface area contributed by atoms with E-state index >= 15 is 0 Å². The fourth-order valence-electron chi connectivity index (χ4n) is 2.30. The molecule has 3 aromatic rings. The van der Waals surface area contributed by atoms with Crippen molar-refractivity contribution in [3.8, 4) is 22.8 Å². The van der Waals surface area contributed by atoms with Gasteiger partial charge in [0.2, 0.25) is 11.9 Å². The van der Waals surface area contributed by atoms with Gasteiger partial charge < -0.3 is 9.47 Å². The summed E-state index contributed by atoms with van der Waals surface area (Å²) in [5, 5.41) is 2.55. The van der Waals surface area contributed by atoms with E-state index in [4.69, 9.17) is 9.47 Å². The Bertz CT molecular complexity index is 911. The average Bonchev–Trinajstić information content (AvgIpc) is 2.60. The summed E-state index contributed by atoms with van der Waals surface area (Å²) in [7, 11) is 3.18. The lowest BCUT2D eigenvalue weighted by atomic mass is 10.1. The maximum Gasteiger partial charge on any atom is 0.230 e. The molecule has 1 amide bonds. The zero-order valence-electron chi connectivity index (χ0n) is 13.5. The highest BCUT2D eigenvalue weighted by molar-refractivity contribution is 5.88. The van der Waals surface area contributed by atoms with Crippen LogP contribution in [0.4, 0.5) is 5.95 Å². The van der Waals surface area contributed by atoms with Gasteiger partial charge in [-0.3, -0.25) is 10.1 Å². The number of carbonyl (C=O) groups excluding carboxylic acids is 1. The van der Waals surface area contributed by atoms with Gasteiger partial charge in [0.1, 0.15) is 5.52 Å². The standard InChI is InChI=1S/C17H16N4O3/c1-10(22)19-17-18-9-14-13(21-17)6-5-12(20-14)11-4-7-15(23-2)16(8-11)24-3/h4-9H,1-3H3,(H,18,19,21,22). The van der Waals surface area contributed by atoms with Crippen molar-refractivity contribution in [2.75, 3.05) is 19.5 Å². The molecule has 3 rings (SSSR count). The zero-order chi connectivity index (χ0) is 17.1. The van der Waals surface area contributed by atoms with Crippen molar-refractivity contribution < 1.29 is 14.3 Å². The maximum atomic E-state index is 11.1. The number of pyridine rings is 1. The molecule has 0 fully saturated rings. The molecule has 2 heterocycles. The number of methoxy groups -OCH3 is 2. The Morgan fingerprint density at radius 2 is 1.79 bits per heavy atom. The van der Waals surface area contributed by atoms with E-state index in [-0.39, 0.29) is 11.9 Å². The van der Waals surface area contributed by atoms with Crippen LogP contribution in [-0.2, 0) is 4.79 Å². The fraction of sp³-hybridized carbons (Fsp3) is 0.176. The smallest absolute Gasteiger partial charge is 0.230 e. The Hall–Kier alpha value is -3.22. The third kappa shape index (κ3) is 3.10. The van der Waals surface area contributed by atoms with Crippen LogP contribution in [0.15, 0.2) is 36.5 Å². The molecule has 0 bridgehead atoms. The van der Waals surface area contributed by atoms with Crippen molar-refractivity contribution in [1.29, 1.82) is 0 Å². The highest BCUT2D eigenvalue weighted by Gasteiger charge is 2.09. The Balaban J connectivity index is 2.00. The van der Waals surface area contributed by atoms with E-state index < -0.39 is 0 Å². The van der Waals surface area contributed by atoms with Gasteiger partial charge in [-0.2, -0.15) is 0 Å². The quantitative estimate of drug-likeness (QED) is 0.794. The van der Waals surface area contributed by atoms with Crippen molar-refractivity contribution in [3.05, 3.63) is 36.5 Å². The molecule has 0 aliphatic heterocycles. The van der Waals surface area contributed by atoms with E-state index in [0.29, 0.717) is 22.5 Å². The number of rotatable bonds is 4. The summed E-state index contributed by atoms with van der Waals surface area (Å²) >= 11 is 0. The van der Waals surface area contributed by atoms with Gasteiger partial charge in [-0.05, 0) is 30.3 Å². The molecule has 1 N–H and O–H groups in total. The molecule has 0 saturated heterocycles. The fourth-order valence-corrected chi connectivity index (χ4v) is 2.30. The van der Waals surface area contributed by atoms with E-state index in [0.717, 1.165) is 11.3 Å². The summed E-state index contributed by atoms with van der Waals surface area (Å²) in [6.45, 7) is 1.41. The number of fused-ring (bicyclic) bond motifs is 1. The Kier molecular flexibility index (Phi) is 4.24. The number of carbonyl (C=O) groups is 1. The minimum atomic E-state index is -0.218. The molecule has 0 aliphatic carbocycles. The predicted molar refractivity (Wildman–Crippen MR) is 90.2 cm³/mol. The van der Waals surface area contributed by atoms with Crippen LogP contribution in [0.2, 0.25) is 0 Å². The minimum absolute atomic E-state index is 0.218. The third-order valence-electron chi connectivity index (χ3n) is 3.41. The topological polar surface area (TPSA) is 86.2 Å². The normalized spacial score (nSPS) is 10.5. The molecule has 1 aromatic carbocycles. The SMILES string of the molecule is COc1ccc(-c2ccc3nc(NC(C)=O)ncc3n2)cc1OC. The number of aromatic nitrogens is 3. The second-order valence-corrected chi connectivity index (χ2v) is 5.05. The second kappa shape index (κ2) is 6.49. The molecule has 0 aliphatic rings. The van der Waals surface area contributed by atoms with Gasteiger partial charge in [-0.15, -0.1) is 0 Å². The molecule has 0 saturated carbocycles. The van der Waals surface area contributed by atoms with E-state index in [1.165, 1.54) is 6.92 Å². The zero-order valence-corrected chi connectivity index (χ0v) is 13.5. The lowest BCUT2D eigenvalue weighted by molar-refractivity contribution is -0.114. The van der Waals surface area contributed by atoms with E-state index in [2.05, 4.69) is 20.3 Å². The van der Waals surface area contributed by atoms with Gasteiger partial charge in [-0.1, -0.05) is 0 Å². The van der Waals surface area contributed by atoms with Crippen LogP contribution < -0.4 is 14.8 Å². The van der Waals surface area contributed by atoms with Crippen molar-refractivity contribution >= 4 is 22.9 Å². The second-order valence-electron chi connectivity index (χ2n) is 5.05. The summed E-state index contributed by atoms with van der Waals surface area (Å²) in [6.07, 6.45) is 1.58. The van der Waals surface area contributed by atoms with Gasteiger partial charge in [0, 0.05) is 12.5 Å². The minimum Gasteiger partial charge on any atom is -0.493 e. The van der Waals surface area contributed by atoms with Crippen molar-refractivity contribution in [3.63, 3.8) is 0 Å². The Morgan fingerprint density at radius 3 is 2.50 bits per heavy atom. The number of benzene rings is 1. The lowest BCUT2D eigenvalue weighted by Gasteiger charge is -2.10. The number of nitrogens with one attached hydrogen (secondary N) is 1. The number of hydrogen-bond acceptors (Lipinski definition) is 6. The molecule has 0 atom stereocenters. The van der Waals surface area contributed by atoms with Crippen LogP contribution in [-0.4, -0.2) is 35.1 Å². The highest BCUT2D eigenvalue weighted by atomic mass is 16.5. The number of anilines is 1. The largest absolute Gasteiger partial charge is 0.493 e. The predicted octanol–water partition coefficient (Wildman–Crippen LogP) is 2.67. The van der Waals surface area contributed by atoms with E-state index in [1.807, 2.05) is 30.3 Å². The summed E-state index contributed by atoms with van der Waals surface area (Å²) in [5.41, 5.74) is 2.94. The van der Waals surface area contributed by atoms with Crippen LogP contribution in [0.25, 0.3) is 22.3 Å². The Labute approximate surface area is 138 Å². The number of ether oxygens (including phenoxy) is 2. The summed E-state index contributed by atoms with van der Waals surface area (Å²) in [6, 6.07) is 9.29. The summed E-state index contributed by atoms with van der Waals surface area (Å²) in [5.74, 6) is 1.33. The lowest BCUT2D eigenvalue weighted by Crippen LogP contribution is -2.09. The number of amides is 1. The average molecular weight is 324 g/mol. The van der Waals surface area contributed by atoms with Gasteiger partial charge in [0.25, 0.3) is 0 Å². The molecule has 2 aromatic heterocycles. The first-order valence-electron chi connectivity index (χ1n) is 7.24. The van der Waals surface area contributed by atoms with E-state index in [9.17, 15) is 4.79 Å². The molecule has 0 radical (unpaired) electrons. The van der Waals surface area contributed by atoms with Crippen LogP contribution in [0.5, 0.6) is 11.5 Å². The van der Waals surface area contributed by atoms with Crippen LogP contribution in [0.3, 0.4) is 0 Å². The molecule has 24 heavy (non-hydrogen) atoms. The number of hydrogen-bond donors (Lipinski definition) is 1. The van der Waals surface area contributed by atoms with Gasteiger partial charge in [0.05, 0.1) is 31.6 Å². The molecular formula is C17H16N4O3. The third-order valence-corrected chi connectivity index (χ3v) is 3.41.